The Balaban J connectivity index is 0.000000234. The van der Waals surface area contributed by atoms with Gasteiger partial charge in [0.2, 0.25) is 0 Å². The number of benzene rings is 4. The summed E-state index contributed by atoms with van der Waals surface area (Å²) in [7, 11) is 0. The lowest BCUT2D eigenvalue weighted by atomic mass is 9.90. The zero-order valence-corrected chi connectivity index (χ0v) is 25.5. The molecule has 0 aliphatic rings. The van der Waals surface area contributed by atoms with Crippen LogP contribution >= 0.6 is 0 Å². The molecule has 0 amide bonds. The number of pyridine rings is 2. The maximum absolute atomic E-state index is 12.9. The van der Waals surface area contributed by atoms with Crippen molar-refractivity contribution in [3.8, 4) is 11.5 Å². The normalized spacial score (nSPS) is 10.4. The number of aromatic amines is 2. The van der Waals surface area contributed by atoms with E-state index in [9.17, 15) is 30.0 Å². The van der Waals surface area contributed by atoms with Gasteiger partial charge < -0.3 is 20.4 Å². The minimum absolute atomic E-state index is 0.158. The summed E-state index contributed by atoms with van der Waals surface area (Å²) in [6.45, 7) is 8.27. The molecule has 0 aliphatic carbocycles. The Morgan fingerprint density at radius 3 is 1.29 bits per heavy atom. The largest absolute Gasteiger partial charge is 0.872 e. The number of carboxylic acid groups (broad SMARTS) is 2. The highest BCUT2D eigenvalue weighted by atomic mass is 16.4. The SMILES string of the molecule is Cc1cc[nH+]c(C)c1.Cc1cc[nH+]c(C)c1.O=C(O)c1cc2ccccc2c(Cc2c([O-])c(C(=O)O)cc3ccccc23)c1[O-]. The van der Waals surface area contributed by atoms with Crippen molar-refractivity contribution in [1.82, 2.24) is 0 Å². The molecule has 0 unspecified atom stereocenters. The number of H-pyrrole nitrogens is 2. The second-order valence-electron chi connectivity index (χ2n) is 10.8. The lowest BCUT2D eigenvalue weighted by Crippen LogP contribution is -2.11. The van der Waals surface area contributed by atoms with Crippen LogP contribution in [0.1, 0.15) is 54.4 Å². The lowest BCUT2D eigenvalue weighted by Gasteiger charge is -2.24. The van der Waals surface area contributed by atoms with Crippen LogP contribution in [0.25, 0.3) is 21.5 Å². The number of nitrogens with one attached hydrogen (secondary N) is 2. The first-order valence-corrected chi connectivity index (χ1v) is 14.3. The van der Waals surface area contributed by atoms with Crippen LogP contribution < -0.4 is 20.2 Å². The average Bonchev–Trinajstić information content (AvgIpc) is 2.99. The predicted octanol–water partition coefficient (Wildman–Crippen LogP) is 5.36. The fourth-order valence-corrected chi connectivity index (χ4v) is 5.12. The molecule has 2 aromatic heterocycles. The summed E-state index contributed by atoms with van der Waals surface area (Å²) in [5.74, 6) is -4.07. The molecule has 0 spiro atoms. The van der Waals surface area contributed by atoms with Gasteiger partial charge in [0.25, 0.3) is 0 Å². The maximum atomic E-state index is 12.9. The smallest absolute Gasteiger partial charge is 0.335 e. The molecule has 228 valence electrons. The maximum Gasteiger partial charge on any atom is 0.335 e. The highest BCUT2D eigenvalue weighted by molar-refractivity contribution is 6.02. The van der Waals surface area contributed by atoms with Crippen molar-refractivity contribution in [2.75, 3.05) is 0 Å². The number of carboxylic acids is 2. The summed E-state index contributed by atoms with van der Waals surface area (Å²) in [4.78, 5) is 29.3. The molecule has 0 saturated heterocycles. The van der Waals surface area contributed by atoms with E-state index in [2.05, 4.69) is 35.9 Å². The molecule has 0 bridgehead atoms. The quantitative estimate of drug-likeness (QED) is 0.277. The number of aryl methyl sites for hydroxylation is 4. The molecule has 0 radical (unpaired) electrons. The first-order valence-electron chi connectivity index (χ1n) is 14.3. The monoisotopic (exact) mass is 602 g/mol. The van der Waals surface area contributed by atoms with Gasteiger partial charge in [-0.1, -0.05) is 60.0 Å². The molecule has 6 aromatic rings. The third-order valence-electron chi connectivity index (χ3n) is 7.23. The number of hydrogen-bond acceptors (Lipinski definition) is 4. The van der Waals surface area contributed by atoms with Crippen molar-refractivity contribution in [2.24, 2.45) is 0 Å². The van der Waals surface area contributed by atoms with Gasteiger partial charge in [-0.05, 0) is 76.2 Å². The number of fused-ring (bicyclic) bond motifs is 2. The fraction of sp³-hybridized carbons (Fsp3) is 0.135. The molecule has 6 rings (SSSR count). The van der Waals surface area contributed by atoms with E-state index in [0.717, 1.165) is 0 Å². The van der Waals surface area contributed by atoms with Crippen molar-refractivity contribution in [2.45, 2.75) is 34.1 Å². The number of carbonyl (C=O) groups is 2. The van der Waals surface area contributed by atoms with E-state index in [1.807, 2.05) is 38.4 Å². The third-order valence-corrected chi connectivity index (χ3v) is 7.23. The van der Waals surface area contributed by atoms with E-state index >= 15 is 0 Å². The Morgan fingerprint density at radius 2 is 0.978 bits per heavy atom. The second kappa shape index (κ2) is 14.1. The summed E-state index contributed by atoms with van der Waals surface area (Å²) in [5.41, 5.74) is 4.59. The van der Waals surface area contributed by atoms with Crippen LogP contribution in [0.15, 0.2) is 97.3 Å². The van der Waals surface area contributed by atoms with Crippen molar-refractivity contribution in [3.05, 3.63) is 142 Å². The van der Waals surface area contributed by atoms with E-state index in [-0.39, 0.29) is 28.7 Å². The molecule has 0 aliphatic heterocycles. The standard InChI is InChI=1S/C23H16O6.2C7H9N/c24-20-16(14-7-3-1-5-12(14)9-18(20)22(26)27)11-17-15-8-4-2-6-13(15)10-19(21(17)25)23(28)29;2*1-6-3-4-8-7(2)5-6/h1-10,24-25H,11H2,(H,26,27)(H,28,29);2*3-5H,1-2H3. The van der Waals surface area contributed by atoms with Crippen LogP contribution in [-0.2, 0) is 6.42 Å². The highest BCUT2D eigenvalue weighted by Gasteiger charge is 2.16. The minimum atomic E-state index is -1.35. The third kappa shape index (κ3) is 7.80. The Morgan fingerprint density at radius 1 is 0.600 bits per heavy atom. The molecule has 0 fully saturated rings. The molecule has 4 aromatic carbocycles. The number of rotatable bonds is 4. The van der Waals surface area contributed by atoms with Crippen LogP contribution in [-0.4, -0.2) is 22.2 Å². The topological polar surface area (TPSA) is 149 Å². The van der Waals surface area contributed by atoms with Crippen LogP contribution in [0.5, 0.6) is 11.5 Å². The Bertz CT molecular complexity index is 1840. The number of aromatic nitrogens is 2. The van der Waals surface area contributed by atoms with Crippen LogP contribution in [0.2, 0.25) is 0 Å². The van der Waals surface area contributed by atoms with Gasteiger partial charge in [-0.25, -0.2) is 19.6 Å². The van der Waals surface area contributed by atoms with Crippen molar-refractivity contribution in [1.29, 1.82) is 0 Å². The number of aromatic carboxylic acids is 2. The van der Waals surface area contributed by atoms with Gasteiger partial charge in [0.05, 0.1) is 11.1 Å². The zero-order chi connectivity index (χ0) is 32.7. The van der Waals surface area contributed by atoms with E-state index in [1.54, 1.807) is 48.5 Å². The molecular weight excluding hydrogens is 568 g/mol. The van der Waals surface area contributed by atoms with Crippen LogP contribution in [0, 0.1) is 27.7 Å². The van der Waals surface area contributed by atoms with Gasteiger partial charge in [0.15, 0.2) is 23.8 Å². The molecule has 0 saturated carbocycles. The Kier molecular flexibility index (Phi) is 10.1. The van der Waals surface area contributed by atoms with E-state index < -0.39 is 23.4 Å². The van der Waals surface area contributed by atoms with Crippen LogP contribution in [0.3, 0.4) is 0 Å². The van der Waals surface area contributed by atoms with E-state index in [4.69, 9.17) is 0 Å². The molecular formula is C37H34N2O6. The second-order valence-corrected chi connectivity index (χ2v) is 10.8. The zero-order valence-electron chi connectivity index (χ0n) is 25.5. The molecule has 0 atom stereocenters. The van der Waals surface area contributed by atoms with E-state index in [0.29, 0.717) is 21.5 Å². The average molecular weight is 603 g/mol. The van der Waals surface area contributed by atoms with E-state index in [1.165, 1.54) is 34.6 Å². The first-order chi connectivity index (χ1) is 21.5. The van der Waals surface area contributed by atoms with Gasteiger partial charge in [-0.2, -0.15) is 0 Å². The summed E-state index contributed by atoms with van der Waals surface area (Å²) < 4.78 is 0. The van der Waals surface area contributed by atoms with Crippen molar-refractivity contribution >= 4 is 33.5 Å². The van der Waals surface area contributed by atoms with Crippen molar-refractivity contribution in [3.63, 3.8) is 0 Å². The summed E-state index contributed by atoms with van der Waals surface area (Å²) in [6, 6.07) is 24.6. The predicted molar refractivity (Wildman–Crippen MR) is 168 cm³/mol. The van der Waals surface area contributed by atoms with Gasteiger partial charge >= 0.3 is 11.9 Å². The highest BCUT2D eigenvalue weighted by Crippen LogP contribution is 2.36. The van der Waals surface area contributed by atoms with Crippen LogP contribution in [0.4, 0.5) is 0 Å². The van der Waals surface area contributed by atoms with Gasteiger partial charge in [0, 0.05) is 38.1 Å². The lowest BCUT2D eigenvalue weighted by molar-refractivity contribution is -0.388. The fourth-order valence-electron chi connectivity index (χ4n) is 5.12. The van der Waals surface area contributed by atoms with Gasteiger partial charge in [-0.15, -0.1) is 0 Å². The minimum Gasteiger partial charge on any atom is -0.872 e. The summed E-state index contributed by atoms with van der Waals surface area (Å²) in [5, 5.41) is 46.8. The molecule has 8 nitrogen and oxygen atoms in total. The molecule has 8 heteroatoms. The first kappa shape index (κ1) is 32.2. The summed E-state index contributed by atoms with van der Waals surface area (Å²) >= 11 is 0. The Labute approximate surface area is 260 Å². The Hall–Kier alpha value is -5.76. The number of hydrogen-bond donors (Lipinski definition) is 2. The molecule has 45 heavy (non-hydrogen) atoms. The summed E-state index contributed by atoms with van der Waals surface area (Å²) in [6.07, 6.45) is 3.73. The van der Waals surface area contributed by atoms with Gasteiger partial charge in [0.1, 0.15) is 0 Å². The molecule has 4 N–H and O–H groups in total. The van der Waals surface area contributed by atoms with Crippen molar-refractivity contribution < 1.29 is 40.0 Å². The van der Waals surface area contributed by atoms with Gasteiger partial charge in [-0.3, -0.25) is 0 Å². The molecule has 2 heterocycles.